The molecule has 2 aromatic rings. The summed E-state index contributed by atoms with van der Waals surface area (Å²) < 4.78 is 5.43. The molecular weight excluding hydrogens is 288 g/mol. The number of fused-ring (bicyclic) bond motifs is 1. The summed E-state index contributed by atoms with van der Waals surface area (Å²) in [5.74, 6) is 1.03. The minimum atomic E-state index is -0.0732. The number of phenols is 1. The van der Waals surface area contributed by atoms with Crippen molar-refractivity contribution in [2.75, 3.05) is 18.6 Å². The maximum atomic E-state index is 10.1. The highest BCUT2D eigenvalue weighted by atomic mass is 35.5. The first kappa shape index (κ1) is 14.0. The average molecular weight is 305 g/mol. The molecule has 0 radical (unpaired) electrons. The van der Waals surface area contributed by atoms with Gasteiger partial charge in [-0.1, -0.05) is 23.7 Å². The Morgan fingerprint density at radius 3 is 2.76 bits per heavy atom. The predicted molar refractivity (Wildman–Crippen MR) is 84.1 cm³/mol. The van der Waals surface area contributed by atoms with Gasteiger partial charge in [-0.15, -0.1) is 0 Å². The fraction of sp³-hybridized carbons (Fsp3) is 0.250. The Balaban J connectivity index is 2.12. The van der Waals surface area contributed by atoms with Crippen LogP contribution in [0.4, 0.5) is 5.69 Å². The highest BCUT2D eigenvalue weighted by Crippen LogP contribution is 2.46. The SMILES string of the molecule is COc1ccc(Cl)c2c1CN(c1ccccc1O)C2CN. The third-order valence-corrected chi connectivity index (χ3v) is 4.26. The van der Waals surface area contributed by atoms with Gasteiger partial charge >= 0.3 is 0 Å². The van der Waals surface area contributed by atoms with Gasteiger partial charge in [-0.2, -0.15) is 0 Å². The number of benzene rings is 2. The zero-order valence-electron chi connectivity index (χ0n) is 11.7. The number of para-hydroxylation sites is 2. The number of nitrogens with zero attached hydrogens (tertiary/aromatic N) is 1. The highest BCUT2D eigenvalue weighted by molar-refractivity contribution is 6.31. The van der Waals surface area contributed by atoms with Gasteiger partial charge in [0.25, 0.3) is 0 Å². The topological polar surface area (TPSA) is 58.7 Å². The van der Waals surface area contributed by atoms with Crippen LogP contribution in [0.2, 0.25) is 5.02 Å². The lowest BCUT2D eigenvalue weighted by molar-refractivity contribution is 0.410. The van der Waals surface area contributed by atoms with Crippen LogP contribution in [0, 0.1) is 0 Å². The summed E-state index contributed by atoms with van der Waals surface area (Å²) in [5.41, 5.74) is 8.74. The number of hydrogen-bond donors (Lipinski definition) is 2. The van der Waals surface area contributed by atoms with Gasteiger partial charge in [-0.25, -0.2) is 0 Å². The maximum Gasteiger partial charge on any atom is 0.138 e. The maximum absolute atomic E-state index is 10.1. The summed E-state index contributed by atoms with van der Waals surface area (Å²) in [4.78, 5) is 2.06. The highest BCUT2D eigenvalue weighted by Gasteiger charge is 2.34. The van der Waals surface area contributed by atoms with E-state index in [1.54, 1.807) is 19.2 Å². The second kappa shape index (κ2) is 5.47. The van der Waals surface area contributed by atoms with E-state index in [1.165, 1.54) is 0 Å². The number of anilines is 1. The molecule has 1 aliphatic rings. The fourth-order valence-electron chi connectivity index (χ4n) is 2.97. The first-order valence-corrected chi connectivity index (χ1v) is 7.15. The Morgan fingerprint density at radius 2 is 2.10 bits per heavy atom. The molecule has 0 aromatic heterocycles. The standard InChI is InChI=1S/C16H17ClN2O2/c1-21-15-7-6-11(17)16-10(15)9-19(13(16)8-18)12-4-2-3-5-14(12)20/h2-7,13,20H,8-9,18H2,1H3. The van der Waals surface area contributed by atoms with Crippen LogP contribution in [0.25, 0.3) is 0 Å². The van der Waals surface area contributed by atoms with E-state index in [9.17, 15) is 5.11 Å². The van der Waals surface area contributed by atoms with Crippen molar-refractivity contribution in [3.05, 3.63) is 52.5 Å². The average Bonchev–Trinajstić information content (AvgIpc) is 2.88. The summed E-state index contributed by atoms with van der Waals surface area (Å²) in [7, 11) is 1.64. The number of ether oxygens (including phenoxy) is 1. The minimum Gasteiger partial charge on any atom is -0.506 e. The van der Waals surface area contributed by atoms with Crippen molar-refractivity contribution in [1.82, 2.24) is 0 Å². The molecule has 1 atom stereocenters. The van der Waals surface area contributed by atoms with Crippen LogP contribution in [0.15, 0.2) is 36.4 Å². The van der Waals surface area contributed by atoms with Crippen LogP contribution in [-0.2, 0) is 6.54 Å². The molecule has 1 aliphatic heterocycles. The number of hydrogen-bond acceptors (Lipinski definition) is 4. The molecule has 0 fully saturated rings. The summed E-state index contributed by atoms with van der Waals surface area (Å²) in [6.45, 7) is 1.02. The van der Waals surface area contributed by atoms with E-state index in [-0.39, 0.29) is 11.8 Å². The molecular formula is C16H17ClN2O2. The van der Waals surface area contributed by atoms with Crippen molar-refractivity contribution in [3.63, 3.8) is 0 Å². The van der Waals surface area contributed by atoms with E-state index in [1.807, 2.05) is 24.3 Å². The van der Waals surface area contributed by atoms with Crippen molar-refractivity contribution in [3.8, 4) is 11.5 Å². The van der Waals surface area contributed by atoms with Crippen molar-refractivity contribution < 1.29 is 9.84 Å². The zero-order chi connectivity index (χ0) is 15.0. The van der Waals surface area contributed by atoms with Crippen molar-refractivity contribution in [2.24, 2.45) is 5.73 Å². The van der Waals surface area contributed by atoms with E-state index in [4.69, 9.17) is 22.1 Å². The lowest BCUT2D eigenvalue weighted by Crippen LogP contribution is -2.27. The molecule has 5 heteroatoms. The van der Waals surface area contributed by atoms with Gasteiger partial charge in [-0.3, -0.25) is 0 Å². The summed E-state index contributed by atoms with van der Waals surface area (Å²) in [6, 6.07) is 10.9. The van der Waals surface area contributed by atoms with E-state index < -0.39 is 0 Å². The molecule has 3 N–H and O–H groups in total. The van der Waals surface area contributed by atoms with Crippen LogP contribution >= 0.6 is 11.6 Å². The third-order valence-electron chi connectivity index (χ3n) is 3.93. The zero-order valence-corrected chi connectivity index (χ0v) is 12.5. The number of phenolic OH excluding ortho intramolecular Hbond substituents is 1. The van der Waals surface area contributed by atoms with E-state index in [2.05, 4.69) is 4.90 Å². The first-order valence-electron chi connectivity index (χ1n) is 6.77. The summed E-state index contributed by atoms with van der Waals surface area (Å²) in [5, 5.41) is 10.8. The molecule has 0 amide bonds. The monoisotopic (exact) mass is 304 g/mol. The van der Waals surface area contributed by atoms with Crippen LogP contribution in [-0.4, -0.2) is 18.8 Å². The molecule has 0 aliphatic carbocycles. The van der Waals surface area contributed by atoms with Crippen molar-refractivity contribution in [1.29, 1.82) is 0 Å². The van der Waals surface area contributed by atoms with Crippen molar-refractivity contribution >= 4 is 17.3 Å². The van der Waals surface area contributed by atoms with E-state index in [0.717, 1.165) is 22.6 Å². The predicted octanol–water partition coefficient (Wildman–Crippen LogP) is 3.07. The third kappa shape index (κ3) is 2.20. The Bertz CT molecular complexity index is 675. The molecule has 4 nitrogen and oxygen atoms in total. The molecule has 0 bridgehead atoms. The number of rotatable bonds is 3. The van der Waals surface area contributed by atoms with Gasteiger partial charge in [0, 0.05) is 29.2 Å². The molecule has 21 heavy (non-hydrogen) atoms. The van der Waals surface area contributed by atoms with Crippen LogP contribution in [0.5, 0.6) is 11.5 Å². The number of halogens is 1. The Morgan fingerprint density at radius 1 is 1.33 bits per heavy atom. The van der Waals surface area contributed by atoms with Gasteiger partial charge < -0.3 is 20.5 Å². The molecule has 2 aromatic carbocycles. The second-order valence-electron chi connectivity index (χ2n) is 5.01. The molecule has 0 saturated heterocycles. The smallest absolute Gasteiger partial charge is 0.138 e. The van der Waals surface area contributed by atoms with Crippen LogP contribution in [0.3, 0.4) is 0 Å². The Labute approximate surface area is 128 Å². The first-order chi connectivity index (χ1) is 10.2. The van der Waals surface area contributed by atoms with E-state index in [0.29, 0.717) is 18.1 Å². The second-order valence-corrected chi connectivity index (χ2v) is 5.42. The molecule has 0 spiro atoms. The van der Waals surface area contributed by atoms with Crippen LogP contribution < -0.4 is 15.4 Å². The van der Waals surface area contributed by atoms with Crippen LogP contribution in [0.1, 0.15) is 17.2 Å². The molecule has 1 heterocycles. The van der Waals surface area contributed by atoms with Gasteiger partial charge in [0.2, 0.25) is 0 Å². The van der Waals surface area contributed by atoms with Gasteiger partial charge in [0.1, 0.15) is 11.5 Å². The van der Waals surface area contributed by atoms with Gasteiger partial charge in [0.05, 0.1) is 18.8 Å². The summed E-state index contributed by atoms with van der Waals surface area (Å²) >= 11 is 6.36. The van der Waals surface area contributed by atoms with Crippen molar-refractivity contribution in [2.45, 2.75) is 12.6 Å². The lowest BCUT2D eigenvalue weighted by Gasteiger charge is -2.27. The molecule has 0 saturated carbocycles. The number of aromatic hydroxyl groups is 1. The molecule has 110 valence electrons. The minimum absolute atomic E-state index is 0.0732. The lowest BCUT2D eigenvalue weighted by atomic mass is 10.0. The molecule has 3 rings (SSSR count). The molecule has 1 unspecified atom stereocenters. The fourth-order valence-corrected chi connectivity index (χ4v) is 3.28. The number of nitrogens with two attached hydrogens (primary N) is 1. The van der Waals surface area contributed by atoms with E-state index >= 15 is 0 Å². The Hall–Kier alpha value is -1.91. The Kier molecular flexibility index (Phi) is 3.66. The van der Waals surface area contributed by atoms with Gasteiger partial charge in [-0.05, 0) is 24.3 Å². The number of methoxy groups -OCH3 is 1. The largest absolute Gasteiger partial charge is 0.506 e. The van der Waals surface area contributed by atoms with Gasteiger partial charge in [0.15, 0.2) is 0 Å². The summed E-state index contributed by atoms with van der Waals surface area (Å²) in [6.07, 6.45) is 0. The quantitative estimate of drug-likeness (QED) is 0.915. The normalized spacial score (nSPS) is 16.9.